The summed E-state index contributed by atoms with van der Waals surface area (Å²) in [5, 5.41) is 1.20. The number of nitrogens with zero attached hydrogens (tertiary/aromatic N) is 1. The molecular weight excluding hydrogens is 250 g/mol. The van der Waals surface area contributed by atoms with Gasteiger partial charge in [0.05, 0.1) is 22.7 Å². The molecule has 0 N–H and O–H groups in total. The van der Waals surface area contributed by atoms with Crippen LogP contribution in [0.5, 0.6) is 0 Å². The number of para-hydroxylation sites is 1. The second-order valence-electron chi connectivity index (χ2n) is 3.87. The van der Waals surface area contributed by atoms with Crippen LogP contribution in [0.15, 0.2) is 24.4 Å². The van der Waals surface area contributed by atoms with E-state index in [4.69, 9.17) is 16.3 Å². The second-order valence-corrected chi connectivity index (χ2v) is 4.25. The number of aryl methyl sites for hydroxylation is 1. The second kappa shape index (κ2) is 5.36. The molecule has 0 spiro atoms. The highest BCUT2D eigenvalue weighted by molar-refractivity contribution is 6.38. The van der Waals surface area contributed by atoms with Crippen LogP contribution < -0.4 is 0 Å². The summed E-state index contributed by atoms with van der Waals surface area (Å²) in [6.07, 6.45) is 2.36. The van der Waals surface area contributed by atoms with Gasteiger partial charge < -0.3 is 4.74 Å². The molecule has 0 unspecified atom stereocenters. The molecule has 2 rings (SSSR count). The molecule has 2 aromatic rings. The number of benzene rings is 1. The molecule has 0 aliphatic carbocycles. The fourth-order valence-electron chi connectivity index (χ4n) is 1.89. The van der Waals surface area contributed by atoms with E-state index in [1.807, 2.05) is 18.2 Å². The van der Waals surface area contributed by atoms with E-state index < -0.39 is 5.97 Å². The lowest BCUT2D eigenvalue weighted by atomic mass is 10.1. The molecule has 0 atom stereocenters. The fraction of sp³-hybridized carbons (Fsp3) is 0.286. The Bertz CT molecular complexity index is 596. The number of carbonyl (C=O) groups is 1. The Balaban J connectivity index is 2.61. The minimum atomic E-state index is -0.432. The van der Waals surface area contributed by atoms with E-state index in [0.29, 0.717) is 17.2 Å². The van der Waals surface area contributed by atoms with Gasteiger partial charge in [0.15, 0.2) is 0 Å². The summed E-state index contributed by atoms with van der Waals surface area (Å²) in [4.78, 5) is 16.0. The molecular formula is C14H14ClNO2. The summed E-state index contributed by atoms with van der Waals surface area (Å²) in [5.74, 6) is -0.432. The quantitative estimate of drug-likeness (QED) is 0.794. The summed E-state index contributed by atoms with van der Waals surface area (Å²) in [6.45, 7) is 4.14. The van der Waals surface area contributed by atoms with E-state index in [1.165, 1.54) is 6.20 Å². The lowest BCUT2D eigenvalue weighted by molar-refractivity contribution is 0.0526. The number of hydrogen-bond acceptors (Lipinski definition) is 3. The third-order valence-corrected chi connectivity index (χ3v) is 3.20. The molecule has 0 fully saturated rings. The zero-order valence-electron chi connectivity index (χ0n) is 10.4. The topological polar surface area (TPSA) is 39.2 Å². The highest BCUT2D eigenvalue weighted by Gasteiger charge is 2.15. The number of ether oxygens (including phenoxy) is 1. The van der Waals surface area contributed by atoms with Crippen LogP contribution in [0, 0.1) is 0 Å². The molecule has 0 radical (unpaired) electrons. The monoisotopic (exact) mass is 263 g/mol. The van der Waals surface area contributed by atoms with Gasteiger partial charge >= 0.3 is 5.97 Å². The average molecular weight is 264 g/mol. The van der Waals surface area contributed by atoms with Crippen molar-refractivity contribution in [2.75, 3.05) is 6.61 Å². The van der Waals surface area contributed by atoms with Gasteiger partial charge in [-0.15, -0.1) is 0 Å². The first-order valence-electron chi connectivity index (χ1n) is 5.92. The van der Waals surface area contributed by atoms with E-state index >= 15 is 0 Å². The molecule has 1 aromatic carbocycles. The van der Waals surface area contributed by atoms with Gasteiger partial charge in [0.2, 0.25) is 0 Å². The van der Waals surface area contributed by atoms with Crippen LogP contribution in [-0.2, 0) is 11.2 Å². The van der Waals surface area contributed by atoms with Crippen molar-refractivity contribution in [3.8, 4) is 0 Å². The van der Waals surface area contributed by atoms with Gasteiger partial charge in [-0.25, -0.2) is 4.79 Å². The van der Waals surface area contributed by atoms with Crippen molar-refractivity contribution in [2.45, 2.75) is 20.3 Å². The number of hydrogen-bond donors (Lipinski definition) is 0. The van der Waals surface area contributed by atoms with Crippen molar-refractivity contribution in [1.82, 2.24) is 4.98 Å². The molecule has 94 valence electrons. The first kappa shape index (κ1) is 12.8. The van der Waals surface area contributed by atoms with Crippen LogP contribution in [0.4, 0.5) is 0 Å². The van der Waals surface area contributed by atoms with Crippen LogP contribution in [0.2, 0.25) is 5.02 Å². The predicted molar refractivity (Wildman–Crippen MR) is 72.1 cm³/mol. The SMILES string of the molecule is CCOC(=O)c1cnc2c(CC)cccc2c1Cl. The first-order chi connectivity index (χ1) is 8.69. The van der Waals surface area contributed by atoms with Crippen LogP contribution in [0.3, 0.4) is 0 Å². The van der Waals surface area contributed by atoms with Gasteiger partial charge in [-0.1, -0.05) is 36.7 Å². The molecule has 1 aromatic heterocycles. The molecule has 0 aliphatic heterocycles. The Morgan fingerprint density at radius 3 is 2.83 bits per heavy atom. The van der Waals surface area contributed by atoms with Crippen LogP contribution in [0.25, 0.3) is 10.9 Å². The first-order valence-corrected chi connectivity index (χ1v) is 6.30. The molecule has 0 saturated heterocycles. The van der Waals surface area contributed by atoms with Crippen LogP contribution in [-0.4, -0.2) is 17.6 Å². The molecule has 0 saturated carbocycles. The lowest BCUT2D eigenvalue weighted by Crippen LogP contribution is -2.06. The van der Waals surface area contributed by atoms with E-state index in [9.17, 15) is 4.79 Å². The molecule has 3 nitrogen and oxygen atoms in total. The number of aromatic nitrogens is 1. The standard InChI is InChI=1S/C14H14ClNO2/c1-3-9-6-5-7-10-12(15)11(8-16-13(9)10)14(17)18-4-2/h5-8H,3-4H2,1-2H3. The minimum Gasteiger partial charge on any atom is -0.462 e. The molecule has 0 amide bonds. The smallest absolute Gasteiger partial charge is 0.341 e. The van der Waals surface area contributed by atoms with Gasteiger partial charge in [0, 0.05) is 11.6 Å². The summed E-state index contributed by atoms with van der Waals surface area (Å²) >= 11 is 6.26. The molecule has 1 heterocycles. The Morgan fingerprint density at radius 2 is 2.17 bits per heavy atom. The highest BCUT2D eigenvalue weighted by atomic mass is 35.5. The van der Waals surface area contributed by atoms with E-state index in [1.54, 1.807) is 6.92 Å². The molecule has 0 aliphatic rings. The zero-order valence-corrected chi connectivity index (χ0v) is 11.1. The fourth-order valence-corrected chi connectivity index (χ4v) is 2.17. The number of esters is 1. The number of fused-ring (bicyclic) bond motifs is 1. The number of pyridine rings is 1. The van der Waals surface area contributed by atoms with Crippen molar-refractivity contribution >= 4 is 28.5 Å². The van der Waals surface area contributed by atoms with Crippen molar-refractivity contribution in [1.29, 1.82) is 0 Å². The molecule has 4 heteroatoms. The average Bonchev–Trinajstić information content (AvgIpc) is 2.39. The minimum absolute atomic E-state index is 0.319. The predicted octanol–water partition coefficient (Wildman–Crippen LogP) is 3.63. The Kier molecular flexibility index (Phi) is 3.82. The third kappa shape index (κ3) is 2.18. The van der Waals surface area contributed by atoms with Gasteiger partial charge in [-0.2, -0.15) is 0 Å². The van der Waals surface area contributed by atoms with Gasteiger partial charge in [0.1, 0.15) is 0 Å². The molecule has 18 heavy (non-hydrogen) atoms. The summed E-state index contributed by atoms with van der Waals surface area (Å²) in [6, 6.07) is 5.80. The van der Waals surface area contributed by atoms with Crippen molar-refractivity contribution in [3.05, 3.63) is 40.5 Å². The lowest BCUT2D eigenvalue weighted by Gasteiger charge is -2.08. The maximum Gasteiger partial charge on any atom is 0.341 e. The van der Waals surface area contributed by atoms with Crippen molar-refractivity contribution in [2.24, 2.45) is 0 Å². The molecule has 0 bridgehead atoms. The number of rotatable bonds is 3. The number of halogens is 1. The summed E-state index contributed by atoms with van der Waals surface area (Å²) < 4.78 is 4.95. The Labute approximate surface area is 111 Å². The maximum atomic E-state index is 11.7. The van der Waals surface area contributed by atoms with Gasteiger partial charge in [-0.05, 0) is 18.9 Å². The highest BCUT2D eigenvalue weighted by Crippen LogP contribution is 2.28. The van der Waals surface area contributed by atoms with Crippen LogP contribution >= 0.6 is 11.6 Å². The largest absolute Gasteiger partial charge is 0.462 e. The van der Waals surface area contributed by atoms with Crippen LogP contribution in [0.1, 0.15) is 29.8 Å². The Morgan fingerprint density at radius 1 is 1.39 bits per heavy atom. The number of carbonyl (C=O) groups excluding carboxylic acids is 1. The van der Waals surface area contributed by atoms with Crippen molar-refractivity contribution in [3.63, 3.8) is 0 Å². The third-order valence-electron chi connectivity index (χ3n) is 2.79. The zero-order chi connectivity index (χ0) is 13.1. The van der Waals surface area contributed by atoms with E-state index in [0.717, 1.165) is 22.9 Å². The summed E-state index contributed by atoms with van der Waals surface area (Å²) in [5.41, 5.74) is 2.28. The van der Waals surface area contributed by atoms with Gasteiger partial charge in [-0.3, -0.25) is 4.98 Å². The van der Waals surface area contributed by atoms with E-state index in [2.05, 4.69) is 11.9 Å². The van der Waals surface area contributed by atoms with E-state index in [-0.39, 0.29) is 0 Å². The van der Waals surface area contributed by atoms with Gasteiger partial charge in [0.25, 0.3) is 0 Å². The normalized spacial score (nSPS) is 10.6. The maximum absolute atomic E-state index is 11.7. The Hall–Kier alpha value is -1.61. The van der Waals surface area contributed by atoms with Crippen molar-refractivity contribution < 1.29 is 9.53 Å². The summed E-state index contributed by atoms with van der Waals surface area (Å²) in [7, 11) is 0.